The molecule has 9 nitrogen and oxygen atoms in total. The van der Waals surface area contributed by atoms with Crippen molar-refractivity contribution in [3.63, 3.8) is 0 Å². The molecule has 4 rings (SSSR count). The van der Waals surface area contributed by atoms with Gasteiger partial charge in [-0.05, 0) is 47.9 Å². The number of nitrogens with one attached hydrogen (secondary N) is 3. The van der Waals surface area contributed by atoms with Crippen LogP contribution >= 0.6 is 11.6 Å². The van der Waals surface area contributed by atoms with E-state index in [4.69, 9.17) is 33.2 Å². The van der Waals surface area contributed by atoms with Gasteiger partial charge in [0.1, 0.15) is 18.2 Å². The number of aromatic nitrogens is 1. The van der Waals surface area contributed by atoms with Gasteiger partial charge in [-0.2, -0.15) is 0 Å². The van der Waals surface area contributed by atoms with Crippen LogP contribution in [0, 0.1) is 5.41 Å². The molecule has 10 heteroatoms. The number of carbonyl (C=O) groups is 2. The molecule has 34 heavy (non-hydrogen) atoms. The number of aromatic amines is 1. The zero-order chi connectivity index (χ0) is 24.2. The van der Waals surface area contributed by atoms with E-state index in [-0.39, 0.29) is 11.6 Å². The molecule has 0 radical (unpaired) electrons. The highest BCUT2D eigenvalue weighted by molar-refractivity contribution is 6.31. The smallest absolute Gasteiger partial charge is 0.253 e. The summed E-state index contributed by atoms with van der Waals surface area (Å²) in [6.45, 7) is 1.32. The Morgan fingerprint density at radius 2 is 2.03 bits per heavy atom. The predicted molar refractivity (Wildman–Crippen MR) is 131 cm³/mol. The number of ether oxygens (including phenoxy) is 1. The molecule has 7 N–H and O–H groups in total. The van der Waals surface area contributed by atoms with Gasteiger partial charge in [-0.15, -0.1) is 0 Å². The maximum Gasteiger partial charge on any atom is 0.253 e. The van der Waals surface area contributed by atoms with Crippen LogP contribution in [0.1, 0.15) is 22.9 Å². The van der Waals surface area contributed by atoms with Gasteiger partial charge in [0, 0.05) is 40.9 Å². The van der Waals surface area contributed by atoms with Crippen LogP contribution in [0.15, 0.2) is 54.2 Å². The molecule has 0 aliphatic carbocycles. The third-order valence-corrected chi connectivity index (χ3v) is 6.01. The number of amidine groups is 1. The number of halogens is 1. The van der Waals surface area contributed by atoms with E-state index in [1.165, 1.54) is 11.8 Å². The normalized spacial score (nSPS) is 15.6. The minimum absolute atomic E-state index is 0.0878. The Hall–Kier alpha value is -3.98. The number of amides is 2. The number of nitrogens with two attached hydrogens (primary N) is 2. The van der Waals surface area contributed by atoms with E-state index >= 15 is 0 Å². The number of hydrogen-bond donors (Lipinski definition) is 5. The molecule has 2 amide bonds. The van der Waals surface area contributed by atoms with Crippen LogP contribution in [0.2, 0.25) is 5.02 Å². The number of benzene rings is 2. The molecule has 0 bridgehead atoms. The molecule has 1 unspecified atom stereocenters. The van der Waals surface area contributed by atoms with Crippen LogP contribution in [0.25, 0.3) is 10.9 Å². The van der Waals surface area contributed by atoms with Gasteiger partial charge in [0.15, 0.2) is 0 Å². The summed E-state index contributed by atoms with van der Waals surface area (Å²) in [7, 11) is 0. The molecule has 0 saturated carbocycles. The van der Waals surface area contributed by atoms with Crippen LogP contribution in [0.5, 0.6) is 5.75 Å². The van der Waals surface area contributed by atoms with Crippen molar-refractivity contribution in [1.29, 1.82) is 5.41 Å². The standard InChI is InChI=1S/C24H25ClN6O3/c25-15-3-6-20-18(11-15)17-7-9-31(13-32)22(21(17)30-20)14-1-4-16(5-2-14)34-10-8-29-12-19(23(26)27)24(28)33/h1-6,11-13,22,29-30H,7-10H2,(H3,26,27)(H2,28,33)/b19-12+. The predicted octanol–water partition coefficient (Wildman–Crippen LogP) is 2.20. The third kappa shape index (κ3) is 4.69. The summed E-state index contributed by atoms with van der Waals surface area (Å²) in [5.41, 5.74) is 14.5. The van der Waals surface area contributed by atoms with Gasteiger partial charge in [0.2, 0.25) is 6.41 Å². The molecular formula is C24H25ClN6O3. The van der Waals surface area contributed by atoms with Crippen molar-refractivity contribution in [3.8, 4) is 5.75 Å². The number of nitrogens with zero attached hydrogens (tertiary/aromatic N) is 1. The third-order valence-electron chi connectivity index (χ3n) is 5.77. The van der Waals surface area contributed by atoms with Gasteiger partial charge < -0.3 is 31.4 Å². The zero-order valence-electron chi connectivity index (χ0n) is 18.3. The van der Waals surface area contributed by atoms with Crippen molar-refractivity contribution in [2.75, 3.05) is 19.7 Å². The lowest BCUT2D eigenvalue weighted by Gasteiger charge is -2.33. The largest absolute Gasteiger partial charge is 0.492 e. The molecule has 1 atom stereocenters. The Bertz CT molecular complexity index is 1250. The summed E-state index contributed by atoms with van der Waals surface area (Å²) < 4.78 is 5.74. The average molecular weight is 481 g/mol. The van der Waals surface area contributed by atoms with Crippen molar-refractivity contribution in [3.05, 3.63) is 76.1 Å². The van der Waals surface area contributed by atoms with Gasteiger partial charge in [-0.3, -0.25) is 15.0 Å². The lowest BCUT2D eigenvalue weighted by atomic mass is 9.93. The van der Waals surface area contributed by atoms with Gasteiger partial charge in [-0.1, -0.05) is 23.7 Å². The first-order valence-corrected chi connectivity index (χ1v) is 11.1. The van der Waals surface area contributed by atoms with E-state index in [2.05, 4.69) is 10.3 Å². The highest BCUT2D eigenvalue weighted by Gasteiger charge is 2.31. The highest BCUT2D eigenvalue weighted by atomic mass is 35.5. The van der Waals surface area contributed by atoms with Gasteiger partial charge in [0.25, 0.3) is 5.91 Å². The summed E-state index contributed by atoms with van der Waals surface area (Å²) in [6, 6.07) is 13.1. The maximum absolute atomic E-state index is 11.8. The lowest BCUT2D eigenvalue weighted by Crippen LogP contribution is -2.34. The average Bonchev–Trinajstić information content (AvgIpc) is 3.18. The minimum atomic E-state index is -0.773. The fourth-order valence-corrected chi connectivity index (χ4v) is 4.35. The minimum Gasteiger partial charge on any atom is -0.492 e. The molecule has 0 saturated heterocycles. The maximum atomic E-state index is 11.8. The van der Waals surface area contributed by atoms with E-state index in [0.29, 0.717) is 30.5 Å². The van der Waals surface area contributed by atoms with Crippen molar-refractivity contribution in [2.45, 2.75) is 12.5 Å². The summed E-state index contributed by atoms with van der Waals surface area (Å²) in [5.74, 6) is -0.511. The fraction of sp³-hybridized carbons (Fsp3) is 0.208. The van der Waals surface area contributed by atoms with Crippen molar-refractivity contribution in [1.82, 2.24) is 15.2 Å². The van der Waals surface area contributed by atoms with Crippen LogP contribution in [-0.2, 0) is 16.0 Å². The van der Waals surface area contributed by atoms with Gasteiger partial charge in [0.05, 0.1) is 11.6 Å². The van der Waals surface area contributed by atoms with Crippen LogP contribution in [0.3, 0.4) is 0 Å². The molecular weight excluding hydrogens is 456 g/mol. The lowest BCUT2D eigenvalue weighted by molar-refractivity contribution is -0.120. The SMILES string of the molecule is N=C(N)/C(=C\NCCOc1ccc(C2c3[nH]c4ccc(Cl)cc4c3CCN2C=O)cc1)C(N)=O. The second-order valence-corrected chi connectivity index (χ2v) is 8.35. The van der Waals surface area contributed by atoms with Crippen LogP contribution in [0.4, 0.5) is 0 Å². The zero-order valence-corrected chi connectivity index (χ0v) is 19.1. The molecule has 1 aliphatic rings. The summed E-state index contributed by atoms with van der Waals surface area (Å²) in [4.78, 5) is 28.3. The number of carbonyl (C=O) groups excluding carboxylic acids is 2. The molecule has 1 aliphatic heterocycles. The van der Waals surface area contributed by atoms with E-state index in [0.717, 1.165) is 35.0 Å². The summed E-state index contributed by atoms with van der Waals surface area (Å²) in [6.07, 6.45) is 2.95. The highest BCUT2D eigenvalue weighted by Crippen LogP contribution is 2.38. The Kier molecular flexibility index (Phi) is 6.74. The number of primary amides is 1. The van der Waals surface area contributed by atoms with E-state index in [9.17, 15) is 9.59 Å². The first-order valence-electron chi connectivity index (χ1n) is 10.7. The van der Waals surface area contributed by atoms with Crippen molar-refractivity contribution < 1.29 is 14.3 Å². The molecule has 0 fully saturated rings. The Labute approximate surface area is 201 Å². The Morgan fingerprint density at radius 1 is 1.26 bits per heavy atom. The molecule has 3 aromatic rings. The number of rotatable bonds is 9. The van der Waals surface area contributed by atoms with Crippen LogP contribution in [-0.4, -0.2) is 47.7 Å². The first kappa shape index (κ1) is 23.2. The first-order chi connectivity index (χ1) is 16.4. The van der Waals surface area contributed by atoms with Gasteiger partial charge in [-0.25, -0.2) is 0 Å². The quantitative estimate of drug-likeness (QED) is 0.105. The molecule has 0 spiro atoms. The number of H-pyrrole nitrogens is 1. The second kappa shape index (κ2) is 9.88. The van der Waals surface area contributed by atoms with E-state index in [1.54, 1.807) is 4.90 Å². The molecule has 1 aromatic heterocycles. The van der Waals surface area contributed by atoms with Gasteiger partial charge >= 0.3 is 0 Å². The monoisotopic (exact) mass is 480 g/mol. The number of fused-ring (bicyclic) bond motifs is 3. The van der Waals surface area contributed by atoms with E-state index < -0.39 is 11.7 Å². The summed E-state index contributed by atoms with van der Waals surface area (Å²) >= 11 is 6.21. The Morgan fingerprint density at radius 3 is 2.71 bits per heavy atom. The van der Waals surface area contributed by atoms with E-state index in [1.807, 2.05) is 42.5 Å². The molecule has 2 heterocycles. The topological polar surface area (TPSA) is 150 Å². The Balaban J connectivity index is 1.47. The summed E-state index contributed by atoms with van der Waals surface area (Å²) in [5, 5.41) is 11.9. The molecule has 2 aromatic carbocycles. The fourth-order valence-electron chi connectivity index (χ4n) is 4.18. The molecule has 176 valence electrons. The van der Waals surface area contributed by atoms with Crippen molar-refractivity contribution in [2.24, 2.45) is 11.5 Å². The second-order valence-electron chi connectivity index (χ2n) is 7.91. The number of hydrogen-bond acceptors (Lipinski definition) is 5. The van der Waals surface area contributed by atoms with Crippen LogP contribution < -0.4 is 21.5 Å². The van der Waals surface area contributed by atoms with Crippen molar-refractivity contribution >= 4 is 40.7 Å².